The fourth-order valence-corrected chi connectivity index (χ4v) is 5.09. The summed E-state index contributed by atoms with van der Waals surface area (Å²) in [5.74, 6) is -0.262. The molecule has 3 rings (SSSR count). The molecule has 0 bridgehead atoms. The van der Waals surface area contributed by atoms with Crippen LogP contribution in [0.1, 0.15) is 44.9 Å². The minimum absolute atomic E-state index is 0.00261. The van der Waals surface area contributed by atoms with Crippen LogP contribution in [0, 0.1) is 5.92 Å². The summed E-state index contributed by atoms with van der Waals surface area (Å²) in [6.45, 7) is 0.698. The van der Waals surface area contributed by atoms with Crippen molar-refractivity contribution in [2.45, 2.75) is 56.0 Å². The molecule has 1 saturated heterocycles. The van der Waals surface area contributed by atoms with Crippen LogP contribution in [-0.2, 0) is 21.9 Å². The molecule has 2 heterocycles. The maximum Gasteiger partial charge on any atom is 0.262 e. The molecule has 1 N–H and O–H groups in total. The van der Waals surface area contributed by atoms with Crippen LogP contribution in [0.3, 0.4) is 0 Å². The molecule has 0 spiro atoms. The van der Waals surface area contributed by atoms with Crippen molar-refractivity contribution in [1.29, 1.82) is 0 Å². The molecule has 1 aliphatic carbocycles. The number of nitrogens with one attached hydrogen (secondary N) is 1. The predicted molar refractivity (Wildman–Crippen MR) is 89.7 cm³/mol. The van der Waals surface area contributed by atoms with Crippen LogP contribution in [0.4, 0.5) is 0 Å². The summed E-state index contributed by atoms with van der Waals surface area (Å²) >= 11 is 0. The zero-order chi connectivity index (χ0) is 17.2. The minimum Gasteiger partial charge on any atom is -0.353 e. The molecule has 1 aromatic heterocycles. The van der Waals surface area contributed by atoms with Crippen molar-refractivity contribution < 1.29 is 13.2 Å². The number of piperidine rings is 1. The molecule has 1 aromatic rings. The number of imidazole rings is 1. The molecular weight excluding hydrogens is 328 g/mol. The van der Waals surface area contributed by atoms with Gasteiger partial charge in [0.1, 0.15) is 0 Å². The Morgan fingerprint density at radius 3 is 2.62 bits per heavy atom. The summed E-state index contributed by atoms with van der Waals surface area (Å²) in [6, 6.07) is 0.258. The molecule has 2 aliphatic rings. The summed E-state index contributed by atoms with van der Waals surface area (Å²) in [7, 11) is -1.88. The number of carbonyl (C=O) groups is 1. The highest BCUT2D eigenvalue weighted by Gasteiger charge is 2.35. The largest absolute Gasteiger partial charge is 0.353 e. The minimum atomic E-state index is -3.62. The number of aryl methyl sites for hydroxylation is 1. The van der Waals surface area contributed by atoms with Crippen LogP contribution in [0.2, 0.25) is 0 Å². The number of sulfonamides is 1. The predicted octanol–water partition coefficient (Wildman–Crippen LogP) is 1.27. The van der Waals surface area contributed by atoms with Gasteiger partial charge in [-0.25, -0.2) is 13.4 Å². The van der Waals surface area contributed by atoms with Gasteiger partial charge in [0.15, 0.2) is 5.03 Å². The van der Waals surface area contributed by atoms with Crippen LogP contribution in [0.15, 0.2) is 17.6 Å². The Balaban J connectivity index is 1.64. The van der Waals surface area contributed by atoms with Gasteiger partial charge < -0.3 is 9.88 Å². The molecule has 1 amide bonds. The molecule has 24 heavy (non-hydrogen) atoms. The lowest BCUT2D eigenvalue weighted by atomic mass is 9.93. The molecular formula is C16H26N4O3S. The Labute approximate surface area is 143 Å². The summed E-state index contributed by atoms with van der Waals surface area (Å²) in [5.41, 5.74) is 0. The lowest BCUT2D eigenvalue weighted by molar-refractivity contribution is -0.127. The van der Waals surface area contributed by atoms with Crippen LogP contribution < -0.4 is 5.32 Å². The van der Waals surface area contributed by atoms with Crippen molar-refractivity contribution in [2.24, 2.45) is 13.0 Å². The van der Waals surface area contributed by atoms with Gasteiger partial charge in [-0.15, -0.1) is 0 Å². The summed E-state index contributed by atoms with van der Waals surface area (Å²) < 4.78 is 28.4. The van der Waals surface area contributed by atoms with Crippen molar-refractivity contribution >= 4 is 15.9 Å². The number of nitrogens with zero attached hydrogens (tertiary/aromatic N) is 3. The van der Waals surface area contributed by atoms with E-state index < -0.39 is 10.0 Å². The highest BCUT2D eigenvalue weighted by Crippen LogP contribution is 2.24. The molecule has 1 aliphatic heterocycles. The van der Waals surface area contributed by atoms with Gasteiger partial charge in [0, 0.05) is 32.4 Å². The van der Waals surface area contributed by atoms with Gasteiger partial charge in [-0.1, -0.05) is 19.3 Å². The van der Waals surface area contributed by atoms with Gasteiger partial charge in [0.2, 0.25) is 5.91 Å². The monoisotopic (exact) mass is 354 g/mol. The highest BCUT2D eigenvalue weighted by atomic mass is 32.2. The van der Waals surface area contributed by atoms with Gasteiger partial charge in [-0.05, 0) is 25.7 Å². The van der Waals surface area contributed by atoms with Gasteiger partial charge in [0.25, 0.3) is 10.0 Å². The van der Waals surface area contributed by atoms with Crippen molar-refractivity contribution in [1.82, 2.24) is 19.2 Å². The number of amides is 1. The Kier molecular flexibility index (Phi) is 5.24. The van der Waals surface area contributed by atoms with Crippen LogP contribution in [0.5, 0.6) is 0 Å². The van der Waals surface area contributed by atoms with Crippen molar-refractivity contribution in [3.63, 3.8) is 0 Å². The second kappa shape index (κ2) is 7.23. The van der Waals surface area contributed by atoms with Gasteiger partial charge >= 0.3 is 0 Å². The van der Waals surface area contributed by atoms with Crippen molar-refractivity contribution in [3.05, 3.63) is 12.5 Å². The quantitative estimate of drug-likeness (QED) is 0.882. The number of hydrogen-bond acceptors (Lipinski definition) is 4. The molecule has 0 aromatic carbocycles. The molecule has 7 nitrogen and oxygen atoms in total. The van der Waals surface area contributed by atoms with Gasteiger partial charge in [-0.2, -0.15) is 4.31 Å². The van der Waals surface area contributed by atoms with Crippen LogP contribution in [0.25, 0.3) is 0 Å². The molecule has 0 radical (unpaired) electrons. The van der Waals surface area contributed by atoms with Gasteiger partial charge in [0.05, 0.1) is 12.2 Å². The second-order valence-electron chi connectivity index (χ2n) is 6.92. The van der Waals surface area contributed by atoms with E-state index in [1.807, 2.05) is 0 Å². The number of carbonyl (C=O) groups excluding carboxylic acids is 1. The molecule has 1 atom stereocenters. The lowest BCUT2D eigenvalue weighted by Gasteiger charge is -2.32. The SMILES string of the molecule is Cn1cnc(S(=O)(=O)N2CCC[C@H](C(=O)NC3CCCCC3)C2)c1. The van der Waals surface area contributed by atoms with E-state index in [9.17, 15) is 13.2 Å². The Morgan fingerprint density at radius 1 is 1.21 bits per heavy atom. The average molecular weight is 354 g/mol. The Morgan fingerprint density at radius 2 is 1.96 bits per heavy atom. The van der Waals surface area contributed by atoms with Gasteiger partial charge in [-0.3, -0.25) is 4.79 Å². The molecule has 1 saturated carbocycles. The Hall–Kier alpha value is -1.41. The fraction of sp³-hybridized carbons (Fsp3) is 0.750. The first-order valence-electron chi connectivity index (χ1n) is 8.75. The summed E-state index contributed by atoms with van der Waals surface area (Å²) in [6.07, 6.45) is 10.1. The average Bonchev–Trinajstić information content (AvgIpc) is 3.03. The van der Waals surface area contributed by atoms with E-state index in [-0.39, 0.29) is 29.4 Å². The van der Waals surface area contributed by atoms with Crippen molar-refractivity contribution in [3.8, 4) is 0 Å². The van der Waals surface area contributed by atoms with E-state index in [2.05, 4.69) is 10.3 Å². The Bertz CT molecular complexity index is 679. The van der Waals surface area contributed by atoms with Crippen LogP contribution >= 0.6 is 0 Å². The van der Waals surface area contributed by atoms with Crippen molar-refractivity contribution in [2.75, 3.05) is 13.1 Å². The lowest BCUT2D eigenvalue weighted by Crippen LogP contribution is -2.47. The number of aromatic nitrogens is 2. The normalized spacial score (nSPS) is 24.0. The third kappa shape index (κ3) is 3.80. The second-order valence-corrected chi connectivity index (χ2v) is 8.81. The van der Waals surface area contributed by atoms with E-state index in [4.69, 9.17) is 0 Å². The standard InChI is InChI=1S/C16H26N4O3S/c1-19-11-15(17-12-19)24(22,23)20-9-5-6-13(10-20)16(21)18-14-7-3-2-4-8-14/h11-14H,2-10H2,1H3,(H,18,21)/t13-/m0/s1. The zero-order valence-electron chi connectivity index (χ0n) is 14.1. The maximum atomic E-state index is 12.7. The number of rotatable bonds is 4. The van der Waals surface area contributed by atoms with Crippen LogP contribution in [-0.4, -0.2) is 47.3 Å². The van der Waals surface area contributed by atoms with E-state index in [0.717, 1.165) is 32.1 Å². The first-order valence-corrected chi connectivity index (χ1v) is 10.2. The fourth-order valence-electron chi connectivity index (χ4n) is 3.60. The van der Waals surface area contributed by atoms with E-state index in [1.165, 1.54) is 23.3 Å². The highest BCUT2D eigenvalue weighted by molar-refractivity contribution is 7.89. The topological polar surface area (TPSA) is 84.3 Å². The molecule has 2 fully saturated rings. The third-order valence-corrected chi connectivity index (χ3v) is 6.74. The molecule has 8 heteroatoms. The first kappa shape index (κ1) is 17.4. The zero-order valence-corrected chi connectivity index (χ0v) is 15.0. The molecule has 0 unspecified atom stereocenters. The van der Waals surface area contributed by atoms with E-state index in [1.54, 1.807) is 11.6 Å². The van der Waals surface area contributed by atoms with E-state index >= 15 is 0 Å². The molecule has 134 valence electrons. The number of hydrogen-bond donors (Lipinski definition) is 1. The first-order chi connectivity index (χ1) is 11.5. The maximum absolute atomic E-state index is 12.7. The van der Waals surface area contributed by atoms with E-state index in [0.29, 0.717) is 13.0 Å². The summed E-state index contributed by atoms with van der Waals surface area (Å²) in [4.78, 5) is 16.5. The smallest absolute Gasteiger partial charge is 0.262 e. The third-order valence-electron chi connectivity index (χ3n) is 4.99. The summed E-state index contributed by atoms with van der Waals surface area (Å²) in [5, 5.41) is 3.18.